The molecule has 0 aromatic heterocycles. The van der Waals surface area contributed by atoms with Crippen LogP contribution in [-0.4, -0.2) is 13.1 Å². The molecular formula is C17H20N2. The number of nitrogens with two attached hydrogens (primary N) is 1. The first-order valence-corrected chi connectivity index (χ1v) is 6.94. The summed E-state index contributed by atoms with van der Waals surface area (Å²) in [6.45, 7) is 3.98. The van der Waals surface area contributed by atoms with Crippen LogP contribution in [0, 0.1) is 6.92 Å². The number of benzene rings is 2. The van der Waals surface area contributed by atoms with Crippen LogP contribution in [0.5, 0.6) is 0 Å². The zero-order valence-corrected chi connectivity index (χ0v) is 11.4. The van der Waals surface area contributed by atoms with Crippen molar-refractivity contribution in [3.05, 3.63) is 59.2 Å². The minimum atomic E-state index is 0.714. The van der Waals surface area contributed by atoms with E-state index in [1.54, 1.807) is 0 Å². The molecular weight excluding hydrogens is 232 g/mol. The lowest BCUT2D eigenvalue weighted by molar-refractivity contribution is 0.959. The molecule has 98 valence electrons. The van der Waals surface area contributed by atoms with Gasteiger partial charge in [0.05, 0.1) is 0 Å². The van der Waals surface area contributed by atoms with Gasteiger partial charge >= 0.3 is 0 Å². The van der Waals surface area contributed by atoms with Crippen LogP contribution in [0.4, 0.5) is 11.4 Å². The molecule has 2 aromatic rings. The highest BCUT2D eigenvalue weighted by Crippen LogP contribution is 2.36. The average Bonchev–Trinajstić information content (AvgIpc) is 2.83. The standard InChI is InChI=1S/C17H20N2/c1-13-12-14(8-10-18)6-7-16(13)19-11-9-15-4-2-3-5-17(15)19/h2-7,12H,8-11,18H2,1H3. The molecule has 0 radical (unpaired) electrons. The Hall–Kier alpha value is -1.80. The third-order valence-electron chi connectivity index (χ3n) is 3.87. The quantitative estimate of drug-likeness (QED) is 0.909. The fourth-order valence-electron chi connectivity index (χ4n) is 2.93. The number of anilines is 2. The molecule has 0 amide bonds. The molecule has 3 rings (SSSR count). The zero-order valence-electron chi connectivity index (χ0n) is 11.4. The van der Waals surface area contributed by atoms with Gasteiger partial charge in [0.25, 0.3) is 0 Å². The van der Waals surface area contributed by atoms with Crippen molar-refractivity contribution in [2.75, 3.05) is 18.0 Å². The van der Waals surface area contributed by atoms with Gasteiger partial charge in [-0.05, 0) is 55.1 Å². The molecule has 2 nitrogen and oxygen atoms in total. The number of hydrogen-bond acceptors (Lipinski definition) is 2. The third-order valence-corrected chi connectivity index (χ3v) is 3.87. The van der Waals surface area contributed by atoms with Crippen LogP contribution in [0.2, 0.25) is 0 Å². The van der Waals surface area contributed by atoms with Crippen LogP contribution in [-0.2, 0) is 12.8 Å². The normalized spacial score (nSPS) is 13.7. The molecule has 1 heterocycles. The molecule has 0 aliphatic carbocycles. The fourth-order valence-corrected chi connectivity index (χ4v) is 2.93. The number of aryl methyl sites for hydroxylation is 1. The molecule has 0 saturated heterocycles. The summed E-state index contributed by atoms with van der Waals surface area (Å²) in [5, 5.41) is 0. The highest BCUT2D eigenvalue weighted by atomic mass is 15.2. The topological polar surface area (TPSA) is 29.3 Å². The van der Waals surface area contributed by atoms with Crippen LogP contribution in [0.1, 0.15) is 16.7 Å². The molecule has 1 aliphatic rings. The monoisotopic (exact) mass is 252 g/mol. The lowest BCUT2D eigenvalue weighted by atomic mass is 10.1. The van der Waals surface area contributed by atoms with Gasteiger partial charge in [0.2, 0.25) is 0 Å². The summed E-state index contributed by atoms with van der Waals surface area (Å²) in [5.41, 5.74) is 12.4. The van der Waals surface area contributed by atoms with Crippen LogP contribution < -0.4 is 10.6 Å². The number of para-hydroxylation sites is 1. The van der Waals surface area contributed by atoms with Gasteiger partial charge in [-0.2, -0.15) is 0 Å². The Bertz CT molecular complexity index is 590. The van der Waals surface area contributed by atoms with Gasteiger partial charge in [-0.3, -0.25) is 0 Å². The summed E-state index contributed by atoms with van der Waals surface area (Å²) in [6.07, 6.45) is 2.10. The summed E-state index contributed by atoms with van der Waals surface area (Å²) in [6, 6.07) is 15.4. The number of rotatable bonds is 3. The first-order chi connectivity index (χ1) is 9.29. The summed E-state index contributed by atoms with van der Waals surface area (Å²) >= 11 is 0. The van der Waals surface area contributed by atoms with E-state index in [9.17, 15) is 0 Å². The molecule has 19 heavy (non-hydrogen) atoms. The van der Waals surface area contributed by atoms with E-state index in [0.29, 0.717) is 6.54 Å². The second-order valence-corrected chi connectivity index (χ2v) is 5.19. The number of fused-ring (bicyclic) bond motifs is 1. The highest BCUT2D eigenvalue weighted by molar-refractivity contribution is 5.72. The van der Waals surface area contributed by atoms with Crippen molar-refractivity contribution < 1.29 is 0 Å². The van der Waals surface area contributed by atoms with E-state index in [1.807, 2.05) is 0 Å². The molecule has 1 aliphatic heterocycles. The van der Waals surface area contributed by atoms with E-state index >= 15 is 0 Å². The maximum Gasteiger partial charge on any atom is 0.0444 e. The Morgan fingerprint density at radius 3 is 2.74 bits per heavy atom. The van der Waals surface area contributed by atoms with Gasteiger partial charge in [-0.25, -0.2) is 0 Å². The van der Waals surface area contributed by atoms with E-state index < -0.39 is 0 Å². The Balaban J connectivity index is 1.96. The SMILES string of the molecule is Cc1cc(CCN)ccc1N1CCc2ccccc21. The van der Waals surface area contributed by atoms with E-state index in [1.165, 1.54) is 28.1 Å². The number of nitrogens with zero attached hydrogens (tertiary/aromatic N) is 1. The zero-order chi connectivity index (χ0) is 13.2. The third kappa shape index (κ3) is 2.24. The van der Waals surface area contributed by atoms with Gasteiger partial charge in [0, 0.05) is 17.9 Å². The molecule has 2 heteroatoms. The summed E-state index contributed by atoms with van der Waals surface area (Å²) in [4.78, 5) is 2.43. The summed E-state index contributed by atoms with van der Waals surface area (Å²) in [5.74, 6) is 0. The van der Waals surface area contributed by atoms with Crippen LogP contribution >= 0.6 is 0 Å². The van der Waals surface area contributed by atoms with Crippen molar-refractivity contribution in [3.8, 4) is 0 Å². The van der Waals surface area contributed by atoms with Gasteiger partial charge in [0.15, 0.2) is 0 Å². The second-order valence-electron chi connectivity index (χ2n) is 5.19. The van der Waals surface area contributed by atoms with Crippen molar-refractivity contribution in [2.24, 2.45) is 5.73 Å². The Morgan fingerprint density at radius 1 is 1.11 bits per heavy atom. The lowest BCUT2D eigenvalue weighted by Crippen LogP contribution is -2.14. The predicted octanol–water partition coefficient (Wildman–Crippen LogP) is 3.19. The van der Waals surface area contributed by atoms with Crippen LogP contribution in [0.3, 0.4) is 0 Å². The van der Waals surface area contributed by atoms with Crippen molar-refractivity contribution in [1.29, 1.82) is 0 Å². The van der Waals surface area contributed by atoms with Crippen LogP contribution in [0.25, 0.3) is 0 Å². The molecule has 0 fully saturated rings. The van der Waals surface area contributed by atoms with Crippen molar-refractivity contribution in [3.63, 3.8) is 0 Å². The minimum Gasteiger partial charge on any atom is -0.341 e. The summed E-state index contributed by atoms with van der Waals surface area (Å²) < 4.78 is 0. The van der Waals surface area contributed by atoms with Gasteiger partial charge in [-0.1, -0.05) is 30.3 Å². The molecule has 0 saturated carbocycles. The molecule has 0 atom stereocenters. The van der Waals surface area contributed by atoms with Crippen molar-refractivity contribution in [1.82, 2.24) is 0 Å². The average molecular weight is 252 g/mol. The predicted molar refractivity (Wildman–Crippen MR) is 81.1 cm³/mol. The Morgan fingerprint density at radius 2 is 1.95 bits per heavy atom. The molecule has 0 unspecified atom stereocenters. The first-order valence-electron chi connectivity index (χ1n) is 6.94. The largest absolute Gasteiger partial charge is 0.341 e. The van der Waals surface area contributed by atoms with Gasteiger partial charge < -0.3 is 10.6 Å². The Kier molecular flexibility index (Phi) is 3.26. The Labute approximate surface area is 114 Å². The summed E-state index contributed by atoms with van der Waals surface area (Å²) in [7, 11) is 0. The van der Waals surface area contributed by atoms with Crippen molar-refractivity contribution in [2.45, 2.75) is 19.8 Å². The molecule has 2 N–H and O–H groups in total. The van der Waals surface area contributed by atoms with E-state index in [0.717, 1.165) is 19.4 Å². The molecule has 0 spiro atoms. The van der Waals surface area contributed by atoms with E-state index in [4.69, 9.17) is 5.73 Å². The van der Waals surface area contributed by atoms with Gasteiger partial charge in [0.1, 0.15) is 0 Å². The smallest absolute Gasteiger partial charge is 0.0444 e. The minimum absolute atomic E-state index is 0.714. The maximum atomic E-state index is 5.62. The molecule has 2 aromatic carbocycles. The van der Waals surface area contributed by atoms with Crippen LogP contribution in [0.15, 0.2) is 42.5 Å². The molecule has 0 bridgehead atoms. The van der Waals surface area contributed by atoms with Gasteiger partial charge in [-0.15, -0.1) is 0 Å². The lowest BCUT2D eigenvalue weighted by Gasteiger charge is -2.22. The fraction of sp³-hybridized carbons (Fsp3) is 0.294. The van der Waals surface area contributed by atoms with Crippen molar-refractivity contribution >= 4 is 11.4 Å². The first kappa shape index (κ1) is 12.2. The van der Waals surface area contributed by atoms with E-state index in [2.05, 4.69) is 54.3 Å². The second kappa shape index (κ2) is 5.06. The highest BCUT2D eigenvalue weighted by Gasteiger charge is 2.20. The van der Waals surface area contributed by atoms with E-state index in [-0.39, 0.29) is 0 Å². The number of hydrogen-bond donors (Lipinski definition) is 1. The maximum absolute atomic E-state index is 5.62.